The molecule has 1 heterocycles. The zero-order valence-electron chi connectivity index (χ0n) is 11.8. The molecule has 1 aromatic carbocycles. The fourth-order valence-electron chi connectivity index (χ4n) is 2.21. The highest BCUT2D eigenvalue weighted by atomic mass is 32.2. The van der Waals surface area contributed by atoms with Gasteiger partial charge in [-0.1, -0.05) is 12.1 Å². The first-order chi connectivity index (χ1) is 10.1. The van der Waals surface area contributed by atoms with E-state index in [2.05, 4.69) is 10.6 Å². The van der Waals surface area contributed by atoms with Crippen molar-refractivity contribution in [2.24, 2.45) is 5.92 Å². The quantitative estimate of drug-likeness (QED) is 0.755. The van der Waals surface area contributed by atoms with E-state index in [1.165, 1.54) is 5.75 Å². The van der Waals surface area contributed by atoms with Crippen molar-refractivity contribution in [1.82, 2.24) is 5.32 Å². The molecule has 3 N–H and O–H groups in total. The maximum Gasteiger partial charge on any atom is 0.319 e. The van der Waals surface area contributed by atoms with Gasteiger partial charge in [0.1, 0.15) is 0 Å². The summed E-state index contributed by atoms with van der Waals surface area (Å²) in [4.78, 5) is 22.4. The third-order valence-electron chi connectivity index (χ3n) is 3.39. The Balaban J connectivity index is 1.79. The van der Waals surface area contributed by atoms with Crippen molar-refractivity contribution in [2.75, 3.05) is 23.4 Å². The number of carbonyl (C=O) groups is 2. The number of hydrogen-bond donors (Lipinski definition) is 3. The third kappa shape index (κ3) is 5.67. The average Bonchev–Trinajstić information content (AvgIpc) is 2.97. The van der Waals surface area contributed by atoms with Gasteiger partial charge in [-0.15, -0.1) is 0 Å². The second-order valence-electron chi connectivity index (χ2n) is 5.16. The van der Waals surface area contributed by atoms with Gasteiger partial charge in [0.05, 0.1) is 0 Å². The van der Waals surface area contributed by atoms with E-state index in [9.17, 15) is 9.59 Å². The van der Waals surface area contributed by atoms with Crippen LogP contribution in [0.15, 0.2) is 24.3 Å². The number of nitrogens with one attached hydrogen (secondary N) is 2. The minimum absolute atomic E-state index is 0.0923. The third-order valence-corrected chi connectivity index (χ3v) is 4.62. The van der Waals surface area contributed by atoms with Crippen LogP contribution in [-0.2, 0) is 11.2 Å². The van der Waals surface area contributed by atoms with Crippen LogP contribution in [0, 0.1) is 5.92 Å². The molecule has 5 nitrogen and oxygen atoms in total. The lowest BCUT2D eigenvalue weighted by molar-refractivity contribution is -0.136. The number of carbonyl (C=O) groups excluding carboxylic acids is 1. The molecule has 1 saturated heterocycles. The smallest absolute Gasteiger partial charge is 0.319 e. The molecule has 6 heteroatoms. The molecule has 1 aliphatic rings. The van der Waals surface area contributed by atoms with Crippen LogP contribution in [0.2, 0.25) is 0 Å². The molecule has 0 spiro atoms. The highest BCUT2D eigenvalue weighted by Crippen LogP contribution is 2.22. The largest absolute Gasteiger partial charge is 0.481 e. The van der Waals surface area contributed by atoms with Gasteiger partial charge in [-0.3, -0.25) is 4.79 Å². The molecule has 1 atom stereocenters. The highest BCUT2D eigenvalue weighted by molar-refractivity contribution is 7.99. The first-order valence-corrected chi connectivity index (χ1v) is 8.22. The van der Waals surface area contributed by atoms with Crippen LogP contribution in [0.25, 0.3) is 0 Å². The number of hydrogen-bond acceptors (Lipinski definition) is 3. The fraction of sp³-hybridized carbons (Fsp3) is 0.467. The van der Waals surface area contributed by atoms with E-state index in [0.29, 0.717) is 24.6 Å². The molecule has 0 bridgehead atoms. The molecular formula is C15H20N2O3S. The van der Waals surface area contributed by atoms with E-state index in [-0.39, 0.29) is 12.5 Å². The molecule has 0 aromatic heterocycles. The van der Waals surface area contributed by atoms with Crippen molar-refractivity contribution in [3.8, 4) is 0 Å². The van der Waals surface area contributed by atoms with E-state index in [1.807, 2.05) is 30.0 Å². The standard InChI is InChI=1S/C15H20N2O3S/c18-14(19)5-4-11-2-1-3-13(8-11)17-15(20)16-9-12-6-7-21-10-12/h1-3,8,12H,4-7,9-10H2,(H,18,19)(H2,16,17,20). The molecular weight excluding hydrogens is 288 g/mol. The molecule has 0 aliphatic carbocycles. The van der Waals surface area contributed by atoms with Gasteiger partial charge in [0, 0.05) is 18.7 Å². The molecule has 0 radical (unpaired) electrons. The van der Waals surface area contributed by atoms with E-state index in [0.717, 1.165) is 17.7 Å². The maximum atomic E-state index is 11.8. The number of carboxylic acids is 1. The number of thioether (sulfide) groups is 1. The van der Waals surface area contributed by atoms with Crippen LogP contribution in [0.1, 0.15) is 18.4 Å². The van der Waals surface area contributed by atoms with Crippen LogP contribution < -0.4 is 10.6 Å². The van der Waals surface area contributed by atoms with Crippen molar-refractivity contribution >= 4 is 29.4 Å². The predicted molar refractivity (Wildman–Crippen MR) is 84.9 cm³/mol. The summed E-state index contributed by atoms with van der Waals surface area (Å²) in [6, 6.07) is 7.09. The number of amides is 2. The summed E-state index contributed by atoms with van der Waals surface area (Å²) in [5.74, 6) is 2.05. The SMILES string of the molecule is O=C(O)CCc1cccc(NC(=O)NCC2CCSC2)c1. The van der Waals surface area contributed by atoms with Gasteiger partial charge in [-0.05, 0) is 48.0 Å². The van der Waals surface area contributed by atoms with Crippen molar-refractivity contribution in [1.29, 1.82) is 0 Å². The summed E-state index contributed by atoms with van der Waals surface area (Å²) >= 11 is 1.93. The molecule has 1 aromatic rings. The number of aryl methyl sites for hydroxylation is 1. The lowest BCUT2D eigenvalue weighted by Gasteiger charge is -2.11. The predicted octanol–water partition coefficient (Wildman–Crippen LogP) is 2.58. The van der Waals surface area contributed by atoms with Crippen LogP contribution in [0.5, 0.6) is 0 Å². The Morgan fingerprint density at radius 3 is 2.95 bits per heavy atom. The monoisotopic (exact) mass is 308 g/mol. The lowest BCUT2D eigenvalue weighted by Crippen LogP contribution is -2.33. The van der Waals surface area contributed by atoms with Crippen molar-refractivity contribution in [3.63, 3.8) is 0 Å². The number of carboxylic acid groups (broad SMARTS) is 1. The van der Waals surface area contributed by atoms with Gasteiger partial charge in [0.2, 0.25) is 0 Å². The van der Waals surface area contributed by atoms with Crippen LogP contribution in [0.3, 0.4) is 0 Å². The summed E-state index contributed by atoms with van der Waals surface area (Å²) in [6.45, 7) is 0.706. The topological polar surface area (TPSA) is 78.4 Å². The number of anilines is 1. The zero-order chi connectivity index (χ0) is 15.1. The Labute approximate surface area is 128 Å². The Bertz CT molecular complexity index is 501. The van der Waals surface area contributed by atoms with Crippen molar-refractivity contribution in [2.45, 2.75) is 19.3 Å². The molecule has 1 aliphatic heterocycles. The first-order valence-electron chi connectivity index (χ1n) is 7.07. The lowest BCUT2D eigenvalue weighted by atomic mass is 10.1. The maximum absolute atomic E-state index is 11.8. The van der Waals surface area contributed by atoms with E-state index < -0.39 is 5.97 Å². The summed E-state index contributed by atoms with van der Waals surface area (Å²) < 4.78 is 0. The first kappa shape index (κ1) is 15.7. The van der Waals surface area contributed by atoms with Crippen LogP contribution >= 0.6 is 11.8 Å². The Morgan fingerprint density at radius 2 is 2.24 bits per heavy atom. The average molecular weight is 308 g/mol. The molecule has 114 valence electrons. The molecule has 21 heavy (non-hydrogen) atoms. The van der Waals surface area contributed by atoms with Gasteiger partial charge in [0.25, 0.3) is 0 Å². The molecule has 2 amide bonds. The van der Waals surface area contributed by atoms with Gasteiger partial charge in [-0.25, -0.2) is 4.79 Å². The summed E-state index contributed by atoms with van der Waals surface area (Å²) in [7, 11) is 0. The highest BCUT2D eigenvalue weighted by Gasteiger charge is 2.16. The Hall–Kier alpha value is -1.69. The van der Waals surface area contributed by atoms with Crippen LogP contribution in [-0.4, -0.2) is 35.2 Å². The summed E-state index contributed by atoms with van der Waals surface area (Å²) in [5.41, 5.74) is 1.60. The number of benzene rings is 1. The van der Waals surface area contributed by atoms with Crippen molar-refractivity contribution < 1.29 is 14.7 Å². The van der Waals surface area contributed by atoms with E-state index in [1.54, 1.807) is 6.07 Å². The second-order valence-corrected chi connectivity index (χ2v) is 6.31. The van der Waals surface area contributed by atoms with E-state index >= 15 is 0 Å². The minimum atomic E-state index is -0.819. The van der Waals surface area contributed by atoms with Gasteiger partial charge >= 0.3 is 12.0 Å². The molecule has 2 rings (SSSR count). The molecule has 1 fully saturated rings. The van der Waals surface area contributed by atoms with Gasteiger partial charge < -0.3 is 15.7 Å². The van der Waals surface area contributed by atoms with Crippen LogP contribution in [0.4, 0.5) is 10.5 Å². The van der Waals surface area contributed by atoms with Gasteiger partial charge in [0.15, 0.2) is 0 Å². The van der Waals surface area contributed by atoms with Gasteiger partial charge in [-0.2, -0.15) is 11.8 Å². The molecule has 1 unspecified atom stereocenters. The summed E-state index contributed by atoms with van der Waals surface area (Å²) in [5, 5.41) is 14.4. The fourth-order valence-corrected chi connectivity index (χ4v) is 3.50. The normalized spacial score (nSPS) is 17.4. The van der Waals surface area contributed by atoms with Crippen molar-refractivity contribution in [3.05, 3.63) is 29.8 Å². The second kappa shape index (κ2) is 7.93. The zero-order valence-corrected chi connectivity index (χ0v) is 12.6. The minimum Gasteiger partial charge on any atom is -0.481 e. The van der Waals surface area contributed by atoms with E-state index in [4.69, 9.17) is 5.11 Å². The number of urea groups is 1. The Kier molecular flexibility index (Phi) is 5.92. The number of rotatable bonds is 6. The molecule has 0 saturated carbocycles. The number of aliphatic carboxylic acids is 1. The summed E-state index contributed by atoms with van der Waals surface area (Å²) in [6.07, 6.45) is 1.72. The Morgan fingerprint density at radius 1 is 1.38 bits per heavy atom.